The van der Waals surface area contributed by atoms with Crippen molar-refractivity contribution in [1.29, 1.82) is 0 Å². The topological polar surface area (TPSA) is 99.4 Å². The smallest absolute Gasteiger partial charge is 0.337 e. The highest BCUT2D eigenvalue weighted by Gasteiger charge is 2.15. The Morgan fingerprint density at radius 1 is 1.04 bits per heavy atom. The number of anilines is 1. The molecular formula is C18H19N3O5S. The summed E-state index contributed by atoms with van der Waals surface area (Å²) in [4.78, 5) is 23.4. The first-order chi connectivity index (χ1) is 12.7. The number of methoxy groups -OCH3 is 1. The van der Waals surface area contributed by atoms with Crippen LogP contribution in [-0.4, -0.2) is 30.6 Å². The second-order valence-corrected chi connectivity index (χ2v) is 7.88. The van der Waals surface area contributed by atoms with Crippen molar-refractivity contribution in [3.8, 4) is 0 Å². The Labute approximate surface area is 156 Å². The molecule has 8 nitrogen and oxygen atoms in total. The molecule has 1 aromatic heterocycles. The van der Waals surface area contributed by atoms with Crippen molar-refractivity contribution in [2.45, 2.75) is 5.75 Å². The number of hydrogen-bond donors (Lipinski definition) is 1. The third kappa shape index (κ3) is 3.72. The average molecular weight is 389 g/mol. The zero-order chi connectivity index (χ0) is 19.8. The molecule has 0 bridgehead atoms. The minimum Gasteiger partial charge on any atom is -0.465 e. The Balaban J connectivity index is 1.82. The lowest BCUT2D eigenvalue weighted by Gasteiger charge is -2.09. The first kappa shape index (κ1) is 18.7. The van der Waals surface area contributed by atoms with Crippen molar-refractivity contribution in [2.75, 3.05) is 11.8 Å². The number of nitrogens with one attached hydrogen (secondary N) is 1. The number of fused-ring (bicyclic) bond motifs is 1. The van der Waals surface area contributed by atoms with Gasteiger partial charge in [0, 0.05) is 14.1 Å². The van der Waals surface area contributed by atoms with Crippen molar-refractivity contribution in [1.82, 2.24) is 9.13 Å². The van der Waals surface area contributed by atoms with Crippen molar-refractivity contribution in [2.24, 2.45) is 14.1 Å². The Morgan fingerprint density at radius 3 is 2.30 bits per heavy atom. The number of nitrogens with zero attached hydrogens (tertiary/aromatic N) is 2. The van der Waals surface area contributed by atoms with E-state index in [0.717, 1.165) is 0 Å². The number of sulfonamides is 1. The van der Waals surface area contributed by atoms with Crippen LogP contribution in [-0.2, 0) is 34.6 Å². The number of esters is 1. The summed E-state index contributed by atoms with van der Waals surface area (Å²) in [5, 5.41) is 0. The van der Waals surface area contributed by atoms with E-state index in [1.54, 1.807) is 44.4 Å². The number of hydrogen-bond acceptors (Lipinski definition) is 5. The van der Waals surface area contributed by atoms with Crippen LogP contribution >= 0.6 is 0 Å². The molecule has 0 fully saturated rings. The summed E-state index contributed by atoms with van der Waals surface area (Å²) in [6, 6.07) is 11.1. The number of aryl methyl sites for hydroxylation is 2. The van der Waals surface area contributed by atoms with Gasteiger partial charge >= 0.3 is 11.7 Å². The van der Waals surface area contributed by atoms with Gasteiger partial charge in [0.05, 0.1) is 35.1 Å². The summed E-state index contributed by atoms with van der Waals surface area (Å²) in [5.41, 5.74) is 2.41. The van der Waals surface area contributed by atoms with Crippen molar-refractivity contribution >= 4 is 32.7 Å². The average Bonchev–Trinajstić information content (AvgIpc) is 2.85. The molecule has 1 heterocycles. The molecule has 2 aromatic carbocycles. The monoisotopic (exact) mass is 389 g/mol. The molecule has 0 radical (unpaired) electrons. The summed E-state index contributed by atoms with van der Waals surface area (Å²) in [6.07, 6.45) is 0. The van der Waals surface area contributed by atoms with Crippen molar-refractivity contribution < 1.29 is 17.9 Å². The van der Waals surface area contributed by atoms with Crippen LogP contribution in [0.15, 0.2) is 47.3 Å². The molecule has 0 unspecified atom stereocenters. The van der Waals surface area contributed by atoms with Gasteiger partial charge in [-0.25, -0.2) is 18.0 Å². The van der Waals surface area contributed by atoms with Crippen LogP contribution in [0.5, 0.6) is 0 Å². The second kappa shape index (κ2) is 6.92. The molecule has 0 aliphatic rings. The van der Waals surface area contributed by atoms with E-state index in [1.165, 1.54) is 28.4 Å². The van der Waals surface area contributed by atoms with E-state index in [2.05, 4.69) is 9.46 Å². The third-order valence-corrected chi connectivity index (χ3v) is 5.54. The van der Waals surface area contributed by atoms with Crippen LogP contribution in [0.1, 0.15) is 15.9 Å². The molecule has 3 rings (SSSR count). The predicted octanol–water partition coefficient (Wildman–Crippen LogP) is 1.61. The van der Waals surface area contributed by atoms with Gasteiger partial charge in [0.25, 0.3) is 0 Å². The lowest BCUT2D eigenvalue weighted by Crippen LogP contribution is -2.19. The fourth-order valence-corrected chi connectivity index (χ4v) is 4.05. The number of rotatable bonds is 5. The Hall–Kier alpha value is -3.07. The first-order valence-corrected chi connectivity index (χ1v) is 9.70. The van der Waals surface area contributed by atoms with E-state index in [-0.39, 0.29) is 11.4 Å². The molecule has 27 heavy (non-hydrogen) atoms. The molecule has 0 amide bonds. The Kier molecular flexibility index (Phi) is 4.79. The van der Waals surface area contributed by atoms with Crippen molar-refractivity contribution in [3.05, 3.63) is 64.1 Å². The van der Waals surface area contributed by atoms with Gasteiger partial charge in [-0.1, -0.05) is 12.1 Å². The SMILES string of the molecule is COC(=O)c1ccc(CS(=O)(=O)Nc2ccc3c(c2)n(C)c(=O)n3C)cc1. The van der Waals surface area contributed by atoms with Crippen LogP contribution in [0.25, 0.3) is 11.0 Å². The molecule has 0 saturated carbocycles. The molecule has 0 spiro atoms. The quantitative estimate of drug-likeness (QED) is 0.668. The fourth-order valence-electron chi connectivity index (χ4n) is 2.86. The molecule has 0 saturated heterocycles. The maximum atomic E-state index is 12.5. The van der Waals surface area contributed by atoms with Gasteiger partial charge in [0.15, 0.2) is 0 Å². The molecular weight excluding hydrogens is 370 g/mol. The number of imidazole rings is 1. The number of ether oxygens (including phenoxy) is 1. The molecule has 142 valence electrons. The Morgan fingerprint density at radius 2 is 1.67 bits per heavy atom. The Bertz CT molecular complexity index is 1170. The van der Waals surface area contributed by atoms with E-state index in [0.29, 0.717) is 27.8 Å². The van der Waals surface area contributed by atoms with Crippen LogP contribution < -0.4 is 10.4 Å². The van der Waals surface area contributed by atoms with E-state index >= 15 is 0 Å². The highest BCUT2D eigenvalue weighted by molar-refractivity contribution is 7.91. The number of benzene rings is 2. The minimum atomic E-state index is -3.67. The van der Waals surface area contributed by atoms with Gasteiger partial charge < -0.3 is 4.74 Å². The van der Waals surface area contributed by atoms with Crippen LogP contribution in [0.4, 0.5) is 5.69 Å². The van der Waals surface area contributed by atoms with Gasteiger partial charge in [-0.15, -0.1) is 0 Å². The molecule has 0 aliphatic heterocycles. The highest BCUT2D eigenvalue weighted by Crippen LogP contribution is 2.20. The normalized spacial score (nSPS) is 11.5. The predicted molar refractivity (Wildman–Crippen MR) is 102 cm³/mol. The van der Waals surface area contributed by atoms with E-state index < -0.39 is 16.0 Å². The van der Waals surface area contributed by atoms with Crippen molar-refractivity contribution in [3.63, 3.8) is 0 Å². The maximum Gasteiger partial charge on any atom is 0.337 e. The summed E-state index contributed by atoms with van der Waals surface area (Å²) < 4.78 is 35.0. The maximum absolute atomic E-state index is 12.5. The van der Waals surface area contributed by atoms with Gasteiger partial charge in [-0.05, 0) is 35.9 Å². The van der Waals surface area contributed by atoms with E-state index in [4.69, 9.17) is 0 Å². The van der Waals surface area contributed by atoms with Crippen LogP contribution in [0, 0.1) is 0 Å². The standard InChI is InChI=1S/C18H19N3O5S/c1-20-15-9-8-14(10-16(15)21(2)18(20)23)19-27(24,25)11-12-4-6-13(7-5-12)17(22)26-3/h4-10,19H,11H2,1-3H3. The zero-order valence-electron chi connectivity index (χ0n) is 15.1. The second-order valence-electron chi connectivity index (χ2n) is 6.15. The summed E-state index contributed by atoms with van der Waals surface area (Å²) in [5.74, 6) is -0.732. The number of aromatic nitrogens is 2. The zero-order valence-corrected chi connectivity index (χ0v) is 15.9. The summed E-state index contributed by atoms with van der Waals surface area (Å²) in [7, 11) is 0.900. The van der Waals surface area contributed by atoms with Crippen LogP contribution in [0.3, 0.4) is 0 Å². The van der Waals surface area contributed by atoms with Gasteiger partial charge in [0.2, 0.25) is 10.0 Å². The third-order valence-electron chi connectivity index (χ3n) is 4.28. The molecule has 3 aromatic rings. The first-order valence-electron chi connectivity index (χ1n) is 8.05. The minimum absolute atomic E-state index is 0.185. The molecule has 0 atom stereocenters. The van der Waals surface area contributed by atoms with Gasteiger partial charge in [-0.3, -0.25) is 13.9 Å². The number of carbonyl (C=O) groups excluding carboxylic acids is 1. The fraction of sp³-hybridized carbons (Fsp3) is 0.222. The highest BCUT2D eigenvalue weighted by atomic mass is 32.2. The largest absolute Gasteiger partial charge is 0.465 e. The molecule has 0 aliphatic carbocycles. The van der Waals surface area contributed by atoms with Gasteiger partial charge in [-0.2, -0.15) is 0 Å². The van der Waals surface area contributed by atoms with Gasteiger partial charge in [0.1, 0.15) is 0 Å². The number of carbonyl (C=O) groups is 1. The molecule has 9 heteroatoms. The lowest BCUT2D eigenvalue weighted by molar-refractivity contribution is 0.0600. The van der Waals surface area contributed by atoms with E-state index in [1.807, 2.05) is 0 Å². The summed E-state index contributed by atoms with van der Waals surface area (Å²) >= 11 is 0. The van der Waals surface area contributed by atoms with Crippen LogP contribution in [0.2, 0.25) is 0 Å². The lowest BCUT2D eigenvalue weighted by atomic mass is 10.1. The molecule has 1 N–H and O–H groups in total. The summed E-state index contributed by atoms with van der Waals surface area (Å²) in [6.45, 7) is 0. The van der Waals surface area contributed by atoms with E-state index in [9.17, 15) is 18.0 Å².